The standard InChI is InChI=1S/C24H15F9O2STe/c25-22(26,27)20(15-9-3-1-4-10-15)19(36-16-11-5-2-6-12-16)37(34-20)18-14-8-7-13-17(18)21(35-37,23(28,29)30)24(31,32)33/h1-14,19H/t19-,20+/m1/s1. The van der Waals surface area contributed by atoms with Crippen molar-refractivity contribution in [3.8, 4) is 0 Å². The third-order valence-electron chi connectivity index (χ3n) is 6.10. The number of rotatable bonds is 3. The molecule has 2 heterocycles. The van der Waals surface area contributed by atoms with E-state index in [1.54, 1.807) is 6.07 Å². The average molecular weight is 666 g/mol. The second-order valence-electron chi connectivity index (χ2n) is 8.25. The Morgan fingerprint density at radius 3 is 1.68 bits per heavy atom. The minimum atomic E-state index is -6.02. The quantitative estimate of drug-likeness (QED) is 0.225. The van der Waals surface area contributed by atoms with E-state index in [-0.39, 0.29) is 4.90 Å². The molecule has 0 radical (unpaired) electrons. The number of thioether (sulfide) groups is 1. The molecule has 0 N–H and O–H groups in total. The van der Waals surface area contributed by atoms with Crippen molar-refractivity contribution in [3.63, 3.8) is 0 Å². The summed E-state index contributed by atoms with van der Waals surface area (Å²) in [7, 11) is 0. The third-order valence-corrected chi connectivity index (χ3v) is 17.9. The van der Waals surface area contributed by atoms with Crippen LogP contribution in [0.4, 0.5) is 39.5 Å². The van der Waals surface area contributed by atoms with Crippen LogP contribution >= 0.6 is 11.8 Å². The van der Waals surface area contributed by atoms with E-state index >= 15 is 0 Å². The van der Waals surface area contributed by atoms with Crippen molar-refractivity contribution >= 4 is 34.4 Å². The zero-order chi connectivity index (χ0) is 26.9. The Balaban J connectivity index is 1.79. The van der Waals surface area contributed by atoms with Crippen LogP contribution in [0.2, 0.25) is 0 Å². The molecule has 2 aliphatic heterocycles. The van der Waals surface area contributed by atoms with Crippen LogP contribution in [0.25, 0.3) is 0 Å². The summed E-state index contributed by atoms with van der Waals surface area (Å²) in [6.45, 7) is 0. The predicted molar refractivity (Wildman–Crippen MR) is 118 cm³/mol. The number of halogens is 9. The molecule has 0 bridgehead atoms. The molecule has 0 aliphatic carbocycles. The van der Waals surface area contributed by atoms with Gasteiger partial charge < -0.3 is 0 Å². The first-order valence-corrected chi connectivity index (χ1v) is 15.8. The van der Waals surface area contributed by atoms with E-state index in [2.05, 4.69) is 0 Å². The van der Waals surface area contributed by atoms with Gasteiger partial charge >= 0.3 is 214 Å². The van der Waals surface area contributed by atoms with Crippen LogP contribution in [0, 0.1) is 0 Å². The van der Waals surface area contributed by atoms with E-state index in [4.69, 9.17) is 6.20 Å². The van der Waals surface area contributed by atoms with Crippen molar-refractivity contribution in [3.05, 3.63) is 96.1 Å². The molecule has 3 atom stereocenters. The Morgan fingerprint density at radius 1 is 0.622 bits per heavy atom. The molecule has 1 fully saturated rings. The summed E-state index contributed by atoms with van der Waals surface area (Å²) in [6.07, 6.45) is -17.2. The van der Waals surface area contributed by atoms with Crippen LogP contribution in [-0.4, -0.2) is 40.8 Å². The molecule has 1 saturated heterocycles. The summed E-state index contributed by atoms with van der Waals surface area (Å²) in [4.78, 5) is 0.212. The fraction of sp³-hybridized carbons (Fsp3) is 0.250. The Hall–Kier alpha value is -1.91. The van der Waals surface area contributed by atoms with Crippen molar-refractivity contribution < 1.29 is 45.7 Å². The van der Waals surface area contributed by atoms with Crippen molar-refractivity contribution in [2.75, 3.05) is 0 Å². The zero-order valence-corrected chi connectivity index (χ0v) is 21.3. The second-order valence-corrected chi connectivity index (χ2v) is 17.0. The molecule has 2 nitrogen and oxygen atoms in total. The first kappa shape index (κ1) is 26.7. The summed E-state index contributed by atoms with van der Waals surface area (Å²) in [5, 5.41) is 0. The van der Waals surface area contributed by atoms with Crippen LogP contribution < -0.4 is 3.61 Å². The Kier molecular flexibility index (Phi) is 6.16. The van der Waals surface area contributed by atoms with Gasteiger partial charge in [-0.15, -0.1) is 0 Å². The summed E-state index contributed by atoms with van der Waals surface area (Å²) in [5.74, 6) is 0. The fourth-order valence-corrected chi connectivity index (χ4v) is 18.7. The van der Waals surface area contributed by atoms with E-state index in [0.717, 1.165) is 24.3 Å². The van der Waals surface area contributed by atoms with E-state index < -0.39 is 66.8 Å². The number of benzene rings is 3. The van der Waals surface area contributed by atoms with Gasteiger partial charge in [-0.3, -0.25) is 0 Å². The maximum absolute atomic E-state index is 14.9. The molecule has 13 heteroatoms. The van der Waals surface area contributed by atoms with E-state index in [9.17, 15) is 39.5 Å². The van der Waals surface area contributed by atoms with Crippen molar-refractivity contribution in [2.24, 2.45) is 0 Å². The SMILES string of the molecule is FC(F)(F)C1(C(F)(F)F)O[Te]2(O[C@](c3ccccc3)(C(F)(F)F)[C@@H]2Sc2ccccc2)c2ccccc21. The molecule has 1 spiro atoms. The van der Waals surface area contributed by atoms with Crippen molar-refractivity contribution in [1.82, 2.24) is 0 Å². The van der Waals surface area contributed by atoms with Gasteiger partial charge in [0.05, 0.1) is 0 Å². The average Bonchev–Trinajstić information content (AvgIpc) is 3.16. The summed E-state index contributed by atoms with van der Waals surface area (Å²) in [6, 6.07) is 17.3. The van der Waals surface area contributed by atoms with Crippen molar-refractivity contribution in [1.29, 1.82) is 0 Å². The first-order valence-electron chi connectivity index (χ1n) is 10.5. The molecule has 2 aliphatic rings. The molecule has 3 aromatic carbocycles. The number of hydrogen-bond donors (Lipinski definition) is 0. The minimum absolute atomic E-state index is 0.212. The number of alkyl halides is 9. The van der Waals surface area contributed by atoms with Gasteiger partial charge in [-0.1, -0.05) is 0 Å². The Bertz CT molecular complexity index is 1280. The van der Waals surface area contributed by atoms with E-state index in [0.29, 0.717) is 17.8 Å². The molecule has 0 saturated carbocycles. The molecule has 198 valence electrons. The van der Waals surface area contributed by atoms with Crippen LogP contribution in [-0.2, 0) is 17.4 Å². The van der Waals surface area contributed by atoms with Gasteiger partial charge in [-0.05, 0) is 0 Å². The van der Waals surface area contributed by atoms with Crippen LogP contribution in [0.1, 0.15) is 11.1 Å². The van der Waals surface area contributed by atoms with Gasteiger partial charge in [0.2, 0.25) is 0 Å². The number of fused-ring (bicyclic) bond motifs is 2. The van der Waals surface area contributed by atoms with E-state index in [1.807, 2.05) is 0 Å². The summed E-state index contributed by atoms with van der Waals surface area (Å²) >= 11 is -5.33. The van der Waals surface area contributed by atoms with Crippen LogP contribution in [0.3, 0.4) is 0 Å². The zero-order valence-electron chi connectivity index (χ0n) is 18.2. The van der Waals surface area contributed by atoms with Gasteiger partial charge in [-0.2, -0.15) is 0 Å². The van der Waals surface area contributed by atoms with Crippen LogP contribution in [0.15, 0.2) is 89.8 Å². The molecule has 1 unspecified atom stereocenters. The first-order chi connectivity index (χ1) is 17.2. The number of hydrogen-bond acceptors (Lipinski definition) is 3. The van der Waals surface area contributed by atoms with Crippen LogP contribution in [0.5, 0.6) is 0 Å². The second kappa shape index (κ2) is 8.55. The normalized spacial score (nSPS) is 28.8. The van der Waals surface area contributed by atoms with Gasteiger partial charge in [0.1, 0.15) is 0 Å². The molecule has 5 rings (SSSR count). The van der Waals surface area contributed by atoms with Gasteiger partial charge in [0.15, 0.2) is 0 Å². The Morgan fingerprint density at radius 2 is 1.14 bits per heavy atom. The fourth-order valence-electron chi connectivity index (χ4n) is 4.50. The third kappa shape index (κ3) is 3.65. The monoisotopic (exact) mass is 668 g/mol. The maximum atomic E-state index is 14.9. The Labute approximate surface area is 213 Å². The molecule has 37 heavy (non-hydrogen) atoms. The van der Waals surface area contributed by atoms with E-state index in [1.165, 1.54) is 48.5 Å². The summed E-state index contributed by atoms with van der Waals surface area (Å²) in [5.41, 5.74) is -9.73. The van der Waals surface area contributed by atoms with Gasteiger partial charge in [0, 0.05) is 0 Å². The van der Waals surface area contributed by atoms with Gasteiger partial charge in [-0.25, -0.2) is 0 Å². The molecule has 0 aromatic heterocycles. The van der Waals surface area contributed by atoms with Crippen molar-refractivity contribution in [2.45, 2.75) is 37.9 Å². The van der Waals surface area contributed by atoms with Gasteiger partial charge in [0.25, 0.3) is 0 Å². The predicted octanol–water partition coefficient (Wildman–Crippen LogP) is 6.87. The molecular weight excluding hydrogens is 651 g/mol. The molecular formula is C24H15F9O2STe. The molecule has 0 amide bonds. The summed E-state index contributed by atoms with van der Waals surface area (Å²) < 4.78 is 138. The topological polar surface area (TPSA) is 18.5 Å². The molecule has 3 aromatic rings.